The van der Waals surface area contributed by atoms with Gasteiger partial charge in [-0.25, -0.2) is 9.48 Å². The van der Waals surface area contributed by atoms with Gasteiger partial charge < -0.3 is 20.3 Å². The Bertz CT molecular complexity index is 1490. The molecule has 11 heteroatoms. The van der Waals surface area contributed by atoms with Gasteiger partial charge in [0.1, 0.15) is 18.1 Å². The zero-order valence-electron chi connectivity index (χ0n) is 22.8. The summed E-state index contributed by atoms with van der Waals surface area (Å²) < 4.78 is 45.6. The predicted octanol–water partition coefficient (Wildman–Crippen LogP) is 6.76. The fraction of sp³-hybridized carbons (Fsp3) is 0.233. The lowest BCUT2D eigenvalue weighted by molar-refractivity contribution is -0.137. The number of carbonyl (C=O) groups is 2. The molecule has 0 fully saturated rings. The molecule has 0 bridgehead atoms. The number of anilines is 2. The molecule has 0 atom stereocenters. The van der Waals surface area contributed by atoms with E-state index in [0.29, 0.717) is 29.4 Å². The lowest BCUT2D eigenvalue weighted by Crippen LogP contribution is -2.41. The molecule has 41 heavy (non-hydrogen) atoms. The van der Waals surface area contributed by atoms with E-state index in [2.05, 4.69) is 15.7 Å². The number of nitrogens with zero attached hydrogens (tertiary/aromatic N) is 3. The van der Waals surface area contributed by atoms with E-state index in [1.165, 1.54) is 17.0 Å². The highest BCUT2D eigenvalue weighted by atomic mass is 19.4. The van der Waals surface area contributed by atoms with Gasteiger partial charge in [0.2, 0.25) is 5.91 Å². The zero-order valence-corrected chi connectivity index (χ0v) is 22.8. The summed E-state index contributed by atoms with van der Waals surface area (Å²) in [7, 11) is 1.57. The van der Waals surface area contributed by atoms with Crippen molar-refractivity contribution in [3.05, 3.63) is 90.1 Å². The molecule has 0 radical (unpaired) electrons. The van der Waals surface area contributed by atoms with E-state index < -0.39 is 23.7 Å². The number of carbonyl (C=O) groups excluding carboxylic acids is 2. The number of urea groups is 1. The van der Waals surface area contributed by atoms with E-state index in [4.69, 9.17) is 4.74 Å². The van der Waals surface area contributed by atoms with Gasteiger partial charge in [0, 0.05) is 17.8 Å². The molecule has 4 aromatic rings. The molecule has 0 saturated carbocycles. The number of aromatic nitrogens is 2. The van der Waals surface area contributed by atoms with Crippen LogP contribution in [-0.2, 0) is 11.0 Å². The summed E-state index contributed by atoms with van der Waals surface area (Å²) in [5.74, 6) is 0.636. The minimum Gasteiger partial charge on any atom is -0.497 e. The summed E-state index contributed by atoms with van der Waals surface area (Å²) in [6.45, 7) is 3.66. The third kappa shape index (κ3) is 7.05. The topological polar surface area (TPSA) is 88.5 Å². The van der Waals surface area contributed by atoms with E-state index in [1.807, 2.05) is 56.3 Å². The molecule has 0 saturated heterocycles. The number of aryl methyl sites for hydroxylation is 1. The van der Waals surface area contributed by atoms with Crippen molar-refractivity contribution in [3.8, 4) is 22.6 Å². The molecular formula is C30H30F3N5O3. The van der Waals surface area contributed by atoms with Crippen LogP contribution in [0, 0.1) is 6.92 Å². The molecule has 3 aromatic carbocycles. The van der Waals surface area contributed by atoms with Gasteiger partial charge in [-0.1, -0.05) is 37.3 Å². The Labute approximate surface area is 235 Å². The van der Waals surface area contributed by atoms with Gasteiger partial charge in [-0.15, -0.1) is 0 Å². The minimum atomic E-state index is -4.48. The number of hydrogen-bond acceptors (Lipinski definition) is 4. The maximum absolute atomic E-state index is 13.4. The lowest BCUT2D eigenvalue weighted by Gasteiger charge is -2.22. The highest BCUT2D eigenvalue weighted by Gasteiger charge is 2.30. The molecule has 8 nitrogen and oxygen atoms in total. The molecule has 214 valence electrons. The lowest BCUT2D eigenvalue weighted by atomic mass is 10.1. The Kier molecular flexibility index (Phi) is 8.96. The van der Waals surface area contributed by atoms with Gasteiger partial charge in [-0.2, -0.15) is 18.3 Å². The van der Waals surface area contributed by atoms with Crippen molar-refractivity contribution >= 4 is 23.4 Å². The third-order valence-corrected chi connectivity index (χ3v) is 6.28. The Morgan fingerprint density at radius 1 is 0.951 bits per heavy atom. The Hall–Kier alpha value is -4.80. The van der Waals surface area contributed by atoms with Crippen LogP contribution in [0.1, 0.15) is 24.6 Å². The Balaban J connectivity index is 1.58. The van der Waals surface area contributed by atoms with Crippen LogP contribution in [0.25, 0.3) is 16.8 Å². The predicted molar refractivity (Wildman–Crippen MR) is 151 cm³/mol. The molecule has 0 unspecified atom stereocenters. The molecule has 0 aliphatic heterocycles. The largest absolute Gasteiger partial charge is 0.497 e. The molecule has 0 spiro atoms. The number of rotatable bonds is 9. The summed E-state index contributed by atoms with van der Waals surface area (Å²) in [4.78, 5) is 27.7. The summed E-state index contributed by atoms with van der Waals surface area (Å²) in [6, 6.07) is 20.2. The summed E-state index contributed by atoms with van der Waals surface area (Å²) >= 11 is 0. The highest BCUT2D eigenvalue weighted by molar-refractivity contribution is 5.99. The second kappa shape index (κ2) is 12.6. The summed E-state index contributed by atoms with van der Waals surface area (Å²) in [6.07, 6.45) is -3.92. The van der Waals surface area contributed by atoms with Crippen LogP contribution < -0.4 is 15.4 Å². The smallest absolute Gasteiger partial charge is 0.416 e. The van der Waals surface area contributed by atoms with Crippen molar-refractivity contribution < 1.29 is 27.5 Å². The second-order valence-corrected chi connectivity index (χ2v) is 9.26. The molecule has 2 N–H and O–H groups in total. The van der Waals surface area contributed by atoms with Gasteiger partial charge in [-0.05, 0) is 67.4 Å². The van der Waals surface area contributed by atoms with Crippen molar-refractivity contribution in [2.24, 2.45) is 0 Å². The van der Waals surface area contributed by atoms with E-state index >= 15 is 0 Å². The van der Waals surface area contributed by atoms with Crippen LogP contribution >= 0.6 is 0 Å². The first-order valence-corrected chi connectivity index (χ1v) is 12.9. The third-order valence-electron chi connectivity index (χ3n) is 6.28. The average molecular weight is 566 g/mol. The molecule has 0 aliphatic carbocycles. The standard InChI is InChI=1S/C30H30F3N5O3/c1-4-18-37(29(40)34-23-12-10-22(11-13-23)30(31,32)33)19-26(39)35-28-27(21-8-6-5-7-9-21)20(2)36-38(28)24-14-16-25(41-3)17-15-24/h5-17H,4,18-19H2,1-3H3,(H,34,40)(H,35,39). The molecular weight excluding hydrogens is 535 g/mol. The maximum Gasteiger partial charge on any atom is 0.416 e. The Morgan fingerprint density at radius 2 is 1.61 bits per heavy atom. The van der Waals surface area contributed by atoms with Gasteiger partial charge in [0.15, 0.2) is 0 Å². The first kappa shape index (κ1) is 29.2. The van der Waals surface area contributed by atoms with E-state index in [0.717, 1.165) is 23.3 Å². The van der Waals surface area contributed by atoms with E-state index in [-0.39, 0.29) is 18.8 Å². The Morgan fingerprint density at radius 3 is 2.20 bits per heavy atom. The summed E-state index contributed by atoms with van der Waals surface area (Å²) in [5, 5.41) is 10.2. The molecule has 1 aromatic heterocycles. The zero-order chi connectivity index (χ0) is 29.6. The van der Waals surface area contributed by atoms with Crippen LogP contribution in [0.2, 0.25) is 0 Å². The van der Waals surface area contributed by atoms with Crippen LogP contribution in [0.15, 0.2) is 78.9 Å². The molecule has 1 heterocycles. The fourth-order valence-corrected chi connectivity index (χ4v) is 4.32. The minimum absolute atomic E-state index is 0.184. The SMILES string of the molecule is CCCN(CC(=O)Nc1c(-c2ccccc2)c(C)nn1-c1ccc(OC)cc1)C(=O)Nc1ccc(C(F)(F)F)cc1. The normalized spacial score (nSPS) is 11.2. The number of methoxy groups -OCH3 is 1. The van der Waals surface area contributed by atoms with Crippen molar-refractivity contribution in [3.63, 3.8) is 0 Å². The highest BCUT2D eigenvalue weighted by Crippen LogP contribution is 2.34. The van der Waals surface area contributed by atoms with Gasteiger partial charge in [0.05, 0.1) is 24.1 Å². The average Bonchev–Trinajstić information content (AvgIpc) is 3.28. The van der Waals surface area contributed by atoms with Crippen LogP contribution in [0.3, 0.4) is 0 Å². The number of alkyl halides is 3. The molecule has 0 aliphatic rings. The first-order chi connectivity index (χ1) is 19.6. The van der Waals surface area contributed by atoms with Crippen LogP contribution in [0.4, 0.5) is 29.5 Å². The van der Waals surface area contributed by atoms with E-state index in [1.54, 1.807) is 23.9 Å². The van der Waals surface area contributed by atoms with Crippen LogP contribution in [-0.4, -0.2) is 46.8 Å². The van der Waals surface area contributed by atoms with Gasteiger partial charge in [0.25, 0.3) is 0 Å². The quantitative estimate of drug-likeness (QED) is 0.235. The number of halogens is 3. The van der Waals surface area contributed by atoms with Crippen molar-refractivity contribution in [1.82, 2.24) is 14.7 Å². The molecule has 4 rings (SSSR count). The number of ether oxygens (including phenoxy) is 1. The molecule has 3 amide bonds. The second-order valence-electron chi connectivity index (χ2n) is 9.26. The van der Waals surface area contributed by atoms with Crippen LogP contribution in [0.5, 0.6) is 5.75 Å². The van der Waals surface area contributed by atoms with Crippen molar-refractivity contribution in [2.75, 3.05) is 30.8 Å². The number of nitrogens with one attached hydrogen (secondary N) is 2. The van der Waals surface area contributed by atoms with Crippen molar-refractivity contribution in [2.45, 2.75) is 26.4 Å². The maximum atomic E-state index is 13.4. The first-order valence-electron chi connectivity index (χ1n) is 12.9. The van der Waals surface area contributed by atoms with Gasteiger partial charge in [-0.3, -0.25) is 4.79 Å². The van der Waals surface area contributed by atoms with Gasteiger partial charge >= 0.3 is 12.2 Å². The fourth-order valence-electron chi connectivity index (χ4n) is 4.32. The number of amides is 3. The van der Waals surface area contributed by atoms with E-state index in [9.17, 15) is 22.8 Å². The monoisotopic (exact) mass is 565 g/mol. The number of benzene rings is 3. The van der Waals surface area contributed by atoms with Crippen molar-refractivity contribution in [1.29, 1.82) is 0 Å². The summed E-state index contributed by atoms with van der Waals surface area (Å²) in [5.41, 5.74) is 2.32. The number of hydrogen-bond donors (Lipinski definition) is 2.